The highest BCUT2D eigenvalue weighted by molar-refractivity contribution is 6.09. The van der Waals surface area contributed by atoms with Crippen LogP contribution < -0.4 is 5.73 Å². The maximum atomic E-state index is 11.7. The molecule has 0 radical (unpaired) electrons. The second-order valence-electron chi connectivity index (χ2n) is 4.43. The number of carbonyl (C=O) groups excluding carboxylic acids is 1. The van der Waals surface area contributed by atoms with Crippen molar-refractivity contribution < 1.29 is 24.6 Å². The number of aliphatic carboxylic acids is 2. The van der Waals surface area contributed by atoms with Gasteiger partial charge in [0, 0.05) is 6.42 Å². The summed E-state index contributed by atoms with van der Waals surface area (Å²) in [5, 5.41) is 17.5. The lowest BCUT2D eigenvalue weighted by Gasteiger charge is -2.20. The molecule has 4 N–H and O–H groups in total. The van der Waals surface area contributed by atoms with E-state index in [1.165, 1.54) is 0 Å². The van der Waals surface area contributed by atoms with Gasteiger partial charge in [0.1, 0.15) is 0 Å². The molecule has 0 bridgehead atoms. The van der Waals surface area contributed by atoms with Crippen molar-refractivity contribution in [2.45, 2.75) is 57.4 Å². The molecule has 0 rings (SSSR count). The molecule has 0 saturated carbocycles. The Morgan fingerprint density at radius 1 is 1.06 bits per heavy atom. The van der Waals surface area contributed by atoms with Gasteiger partial charge in [-0.3, -0.25) is 9.59 Å². The normalized spacial score (nSPS) is 13.9. The average molecular weight is 259 g/mol. The van der Waals surface area contributed by atoms with Crippen LogP contribution in [0.3, 0.4) is 0 Å². The van der Waals surface area contributed by atoms with Gasteiger partial charge in [0.05, 0.1) is 6.42 Å². The van der Waals surface area contributed by atoms with Gasteiger partial charge >= 0.3 is 11.9 Å². The Hall–Kier alpha value is -1.43. The number of hydrogen-bond acceptors (Lipinski definition) is 4. The zero-order valence-corrected chi connectivity index (χ0v) is 10.6. The van der Waals surface area contributed by atoms with E-state index in [2.05, 4.69) is 6.92 Å². The summed E-state index contributed by atoms with van der Waals surface area (Å²) in [6.07, 6.45) is 3.62. The summed E-state index contributed by atoms with van der Waals surface area (Å²) in [6.45, 7) is 2.06. The van der Waals surface area contributed by atoms with Crippen LogP contribution in [0.15, 0.2) is 0 Å². The Balaban J connectivity index is 4.32. The second kappa shape index (κ2) is 7.81. The number of carboxylic acids is 2. The monoisotopic (exact) mass is 259 g/mol. The van der Waals surface area contributed by atoms with Crippen LogP contribution >= 0.6 is 0 Å². The molecule has 6 nitrogen and oxygen atoms in total. The molecule has 6 heteroatoms. The summed E-state index contributed by atoms with van der Waals surface area (Å²) in [7, 11) is 0. The third-order valence-corrected chi connectivity index (χ3v) is 2.82. The number of carboxylic acid groups (broad SMARTS) is 2. The fraction of sp³-hybridized carbons (Fsp3) is 0.750. The van der Waals surface area contributed by atoms with Gasteiger partial charge < -0.3 is 15.9 Å². The first-order chi connectivity index (χ1) is 8.34. The van der Waals surface area contributed by atoms with Crippen LogP contribution in [0.1, 0.15) is 51.9 Å². The molecule has 0 heterocycles. The van der Waals surface area contributed by atoms with Gasteiger partial charge in [-0.2, -0.15) is 0 Å². The molecule has 0 spiro atoms. The van der Waals surface area contributed by atoms with E-state index in [1.54, 1.807) is 0 Å². The number of ketones is 1. The fourth-order valence-electron chi connectivity index (χ4n) is 1.64. The molecular formula is C12H21NO5. The standard InChI is InChI=1S/C12H21NO5/c1-2-3-4-5-6-7-9(14)12(13,11(17)18)8-10(15)16/h2-8,13H2,1H3,(H,15,16)(H,17,18). The fourth-order valence-corrected chi connectivity index (χ4v) is 1.64. The zero-order chi connectivity index (χ0) is 14.2. The number of rotatable bonds is 10. The van der Waals surface area contributed by atoms with Crippen molar-refractivity contribution in [1.82, 2.24) is 0 Å². The van der Waals surface area contributed by atoms with Crippen LogP contribution in [0.5, 0.6) is 0 Å². The molecule has 0 aromatic carbocycles. The summed E-state index contributed by atoms with van der Waals surface area (Å²) in [4.78, 5) is 33.2. The Morgan fingerprint density at radius 3 is 2.06 bits per heavy atom. The minimum absolute atomic E-state index is 0.0137. The predicted molar refractivity (Wildman–Crippen MR) is 65.2 cm³/mol. The van der Waals surface area contributed by atoms with Crippen LogP contribution in [0.2, 0.25) is 0 Å². The summed E-state index contributed by atoms with van der Waals surface area (Å²) in [6, 6.07) is 0. The summed E-state index contributed by atoms with van der Waals surface area (Å²) >= 11 is 0. The molecule has 1 atom stereocenters. The largest absolute Gasteiger partial charge is 0.481 e. The van der Waals surface area contributed by atoms with E-state index >= 15 is 0 Å². The Labute approximate surface area is 106 Å². The number of unbranched alkanes of at least 4 members (excludes halogenated alkanes) is 4. The highest BCUT2D eigenvalue weighted by atomic mass is 16.4. The van der Waals surface area contributed by atoms with Crippen LogP contribution in [-0.2, 0) is 14.4 Å². The first-order valence-corrected chi connectivity index (χ1v) is 6.12. The Morgan fingerprint density at radius 2 is 1.61 bits per heavy atom. The topological polar surface area (TPSA) is 118 Å². The third-order valence-electron chi connectivity index (χ3n) is 2.82. The van der Waals surface area contributed by atoms with E-state index in [-0.39, 0.29) is 6.42 Å². The maximum Gasteiger partial charge on any atom is 0.332 e. The smallest absolute Gasteiger partial charge is 0.332 e. The van der Waals surface area contributed by atoms with Gasteiger partial charge in [-0.25, -0.2) is 4.79 Å². The van der Waals surface area contributed by atoms with Gasteiger partial charge in [-0.05, 0) is 6.42 Å². The molecule has 0 aliphatic carbocycles. The van der Waals surface area contributed by atoms with Crippen molar-refractivity contribution in [3.05, 3.63) is 0 Å². The Bertz CT molecular complexity index is 316. The lowest BCUT2D eigenvalue weighted by Crippen LogP contribution is -2.56. The summed E-state index contributed by atoms with van der Waals surface area (Å²) in [5.74, 6) is -3.68. The third kappa shape index (κ3) is 5.27. The number of nitrogens with two attached hydrogens (primary N) is 1. The molecular weight excluding hydrogens is 238 g/mol. The maximum absolute atomic E-state index is 11.7. The van der Waals surface area contributed by atoms with Crippen molar-refractivity contribution in [3.63, 3.8) is 0 Å². The lowest BCUT2D eigenvalue weighted by atomic mass is 9.88. The molecule has 0 saturated heterocycles. The van der Waals surface area contributed by atoms with E-state index in [4.69, 9.17) is 15.9 Å². The quantitative estimate of drug-likeness (QED) is 0.400. The predicted octanol–water partition coefficient (Wildman–Crippen LogP) is 1.17. The average Bonchev–Trinajstić information content (AvgIpc) is 2.27. The summed E-state index contributed by atoms with van der Waals surface area (Å²) < 4.78 is 0. The molecule has 0 fully saturated rings. The zero-order valence-electron chi connectivity index (χ0n) is 10.6. The number of carbonyl (C=O) groups is 3. The molecule has 0 aliphatic heterocycles. The van der Waals surface area contributed by atoms with Crippen molar-refractivity contribution in [3.8, 4) is 0 Å². The minimum atomic E-state index is -2.30. The molecule has 18 heavy (non-hydrogen) atoms. The highest BCUT2D eigenvalue weighted by Gasteiger charge is 2.43. The first kappa shape index (κ1) is 16.6. The SMILES string of the molecule is CCCCCCCC(=O)C(N)(CC(=O)O)C(=O)O. The van der Waals surface area contributed by atoms with E-state index in [0.717, 1.165) is 25.7 Å². The van der Waals surface area contributed by atoms with Crippen LogP contribution in [0, 0.1) is 0 Å². The van der Waals surface area contributed by atoms with Gasteiger partial charge in [0.25, 0.3) is 0 Å². The molecule has 0 aliphatic rings. The first-order valence-electron chi connectivity index (χ1n) is 6.12. The van der Waals surface area contributed by atoms with Gasteiger partial charge in [-0.1, -0.05) is 32.6 Å². The lowest BCUT2D eigenvalue weighted by molar-refractivity contribution is -0.154. The summed E-state index contributed by atoms with van der Waals surface area (Å²) in [5.41, 5.74) is 3.10. The van der Waals surface area contributed by atoms with Gasteiger partial charge in [0.15, 0.2) is 11.3 Å². The van der Waals surface area contributed by atoms with Crippen LogP contribution in [0.4, 0.5) is 0 Å². The molecule has 1 unspecified atom stereocenters. The minimum Gasteiger partial charge on any atom is -0.481 e. The molecule has 0 amide bonds. The highest BCUT2D eigenvalue weighted by Crippen LogP contribution is 2.15. The van der Waals surface area contributed by atoms with Gasteiger partial charge in [-0.15, -0.1) is 0 Å². The van der Waals surface area contributed by atoms with Gasteiger partial charge in [0.2, 0.25) is 0 Å². The van der Waals surface area contributed by atoms with E-state index in [0.29, 0.717) is 6.42 Å². The van der Waals surface area contributed by atoms with Crippen LogP contribution in [-0.4, -0.2) is 33.5 Å². The molecule has 0 aromatic heterocycles. The molecule has 0 aromatic rings. The second-order valence-corrected chi connectivity index (χ2v) is 4.43. The van der Waals surface area contributed by atoms with Crippen molar-refractivity contribution in [2.24, 2.45) is 5.73 Å². The van der Waals surface area contributed by atoms with Crippen LogP contribution in [0.25, 0.3) is 0 Å². The van der Waals surface area contributed by atoms with E-state index in [9.17, 15) is 14.4 Å². The molecule has 104 valence electrons. The van der Waals surface area contributed by atoms with E-state index in [1.807, 2.05) is 0 Å². The van der Waals surface area contributed by atoms with Crippen molar-refractivity contribution in [1.29, 1.82) is 0 Å². The van der Waals surface area contributed by atoms with E-state index < -0.39 is 29.7 Å². The Kier molecular flexibility index (Phi) is 7.19. The number of hydrogen-bond donors (Lipinski definition) is 3. The van der Waals surface area contributed by atoms with Crippen molar-refractivity contribution in [2.75, 3.05) is 0 Å². The number of Topliss-reactive ketones (excluding diaryl/α,β-unsaturated/α-hetero) is 1. The van der Waals surface area contributed by atoms with Crippen molar-refractivity contribution >= 4 is 17.7 Å².